The van der Waals surface area contributed by atoms with Crippen LogP contribution < -0.4 is 16.8 Å². The summed E-state index contributed by atoms with van der Waals surface area (Å²) < 4.78 is 0. The molecule has 4 fully saturated rings. The van der Waals surface area contributed by atoms with Crippen molar-refractivity contribution in [3.05, 3.63) is 24.0 Å². The van der Waals surface area contributed by atoms with E-state index >= 15 is 0 Å². The van der Waals surface area contributed by atoms with Crippen molar-refractivity contribution in [1.29, 1.82) is 0 Å². The summed E-state index contributed by atoms with van der Waals surface area (Å²) >= 11 is 0. The Bertz CT molecular complexity index is 931. The highest BCUT2D eigenvalue weighted by molar-refractivity contribution is 6.10. The van der Waals surface area contributed by atoms with E-state index < -0.39 is 11.5 Å². The van der Waals surface area contributed by atoms with Crippen LogP contribution in [0.15, 0.2) is 23.5 Å². The number of nitrogens with two attached hydrogens (primary N) is 2. The maximum Gasteiger partial charge on any atom is 0.283 e. The first-order valence-electron chi connectivity index (χ1n) is 9.51. The van der Waals surface area contributed by atoms with Gasteiger partial charge in [-0.2, -0.15) is 4.99 Å². The quantitative estimate of drug-likeness (QED) is 0.408. The normalized spacial score (nSPS) is 34.0. The van der Waals surface area contributed by atoms with Gasteiger partial charge in [-0.15, -0.1) is 0 Å². The van der Waals surface area contributed by atoms with Gasteiger partial charge in [-0.1, -0.05) is 0 Å². The van der Waals surface area contributed by atoms with Gasteiger partial charge in [0, 0.05) is 23.8 Å². The molecule has 4 saturated carbocycles. The first-order chi connectivity index (χ1) is 12.9. The van der Waals surface area contributed by atoms with E-state index in [2.05, 4.69) is 20.3 Å². The Morgan fingerprint density at radius 1 is 1.30 bits per heavy atom. The van der Waals surface area contributed by atoms with Crippen molar-refractivity contribution >= 4 is 28.6 Å². The Labute approximate surface area is 156 Å². The van der Waals surface area contributed by atoms with Crippen molar-refractivity contribution in [2.75, 3.05) is 5.32 Å². The van der Waals surface area contributed by atoms with Crippen molar-refractivity contribution in [2.24, 2.45) is 34.2 Å². The standard InChI is InChI=1S/C19H24N6O2/c20-18(21)25-17(26)13-8-23-16-12(1-2-22-16)15(13)24-14-10-3-9-4-11(14)7-19(27,5-9)6-10/h1-2,8-11,14,27H,3-7H2,(H2,22,23,24)(H4,20,21,25,26)/t9?,10-,11+,14+,19-. The molecule has 2 aromatic heterocycles. The van der Waals surface area contributed by atoms with Crippen LogP contribution in [0, 0.1) is 17.8 Å². The highest BCUT2D eigenvalue weighted by atomic mass is 16.3. The molecule has 2 heterocycles. The number of guanidine groups is 1. The van der Waals surface area contributed by atoms with Gasteiger partial charge < -0.3 is 26.9 Å². The molecule has 27 heavy (non-hydrogen) atoms. The fraction of sp³-hybridized carbons (Fsp3) is 0.526. The Hall–Kier alpha value is -2.61. The molecular weight excluding hydrogens is 344 g/mol. The number of aliphatic hydroxyl groups is 1. The minimum absolute atomic E-state index is 0.230. The lowest BCUT2D eigenvalue weighted by Gasteiger charge is -2.58. The number of nitrogens with zero attached hydrogens (tertiary/aromatic N) is 2. The summed E-state index contributed by atoms with van der Waals surface area (Å²) in [6.45, 7) is 0. The van der Waals surface area contributed by atoms with Gasteiger partial charge in [-0.3, -0.25) is 4.79 Å². The molecule has 4 aliphatic rings. The molecule has 0 aromatic carbocycles. The summed E-state index contributed by atoms with van der Waals surface area (Å²) in [4.78, 5) is 23.7. The SMILES string of the molecule is NC(N)=NC(=O)c1cnc2[nH]ccc2c1N[C@H]1[C@@H]2CC3C[C@H]1C[C@@](O)(C3)C2. The summed E-state index contributed by atoms with van der Waals surface area (Å²) in [7, 11) is 0. The molecule has 2 aromatic rings. The lowest BCUT2D eigenvalue weighted by Crippen LogP contribution is -2.59. The van der Waals surface area contributed by atoms with E-state index in [0.29, 0.717) is 29.0 Å². The Kier molecular flexibility index (Phi) is 3.49. The second-order valence-corrected chi connectivity index (χ2v) is 8.49. The average Bonchev–Trinajstić information content (AvgIpc) is 3.04. The highest BCUT2D eigenvalue weighted by Crippen LogP contribution is 2.56. The number of aliphatic imine (C=N–C) groups is 1. The first kappa shape index (κ1) is 16.6. The minimum atomic E-state index is -0.504. The summed E-state index contributed by atoms with van der Waals surface area (Å²) in [6, 6.07) is 2.13. The van der Waals surface area contributed by atoms with Crippen molar-refractivity contribution in [2.45, 2.75) is 43.7 Å². The van der Waals surface area contributed by atoms with Crippen LogP contribution in [0.3, 0.4) is 0 Å². The fourth-order valence-corrected chi connectivity index (χ4v) is 5.89. The number of carbonyl (C=O) groups excluding carboxylic acids is 1. The number of amides is 1. The first-order valence-corrected chi connectivity index (χ1v) is 9.51. The van der Waals surface area contributed by atoms with Gasteiger partial charge in [-0.25, -0.2) is 4.98 Å². The number of aromatic amines is 1. The maximum atomic E-state index is 12.6. The molecular formula is C19H24N6O2. The highest BCUT2D eigenvalue weighted by Gasteiger charge is 2.54. The number of aromatic nitrogens is 2. The number of pyridine rings is 1. The number of hydrogen-bond donors (Lipinski definition) is 5. The van der Waals surface area contributed by atoms with Gasteiger partial charge in [0.2, 0.25) is 0 Å². The smallest absolute Gasteiger partial charge is 0.283 e. The molecule has 0 saturated heterocycles. The number of H-pyrrole nitrogens is 1. The van der Waals surface area contributed by atoms with Gasteiger partial charge in [0.25, 0.3) is 5.91 Å². The molecule has 0 spiro atoms. The van der Waals surface area contributed by atoms with Crippen LogP contribution in [0.4, 0.5) is 5.69 Å². The Balaban J connectivity index is 1.54. The number of hydrogen-bond acceptors (Lipinski definition) is 4. The van der Waals surface area contributed by atoms with Gasteiger partial charge in [0.1, 0.15) is 5.65 Å². The molecule has 5 atom stereocenters. The molecule has 7 N–H and O–H groups in total. The van der Waals surface area contributed by atoms with Crippen LogP contribution in [0.1, 0.15) is 42.5 Å². The lowest BCUT2D eigenvalue weighted by molar-refractivity contribution is -0.129. The van der Waals surface area contributed by atoms with Crippen LogP contribution in [-0.2, 0) is 0 Å². The lowest BCUT2D eigenvalue weighted by atomic mass is 9.52. The molecule has 0 aliphatic heterocycles. The van der Waals surface area contributed by atoms with Crippen molar-refractivity contribution in [3.8, 4) is 0 Å². The van der Waals surface area contributed by atoms with Crippen LogP contribution in [0.5, 0.6) is 0 Å². The van der Waals surface area contributed by atoms with Crippen LogP contribution in [0.2, 0.25) is 0 Å². The zero-order valence-corrected chi connectivity index (χ0v) is 15.0. The van der Waals surface area contributed by atoms with E-state index in [9.17, 15) is 9.90 Å². The molecule has 8 heteroatoms. The summed E-state index contributed by atoms with van der Waals surface area (Å²) in [5.41, 5.74) is 12.1. The molecule has 142 valence electrons. The molecule has 1 unspecified atom stereocenters. The zero-order valence-electron chi connectivity index (χ0n) is 15.0. The molecule has 4 aliphatic carbocycles. The van der Waals surface area contributed by atoms with Gasteiger partial charge in [0.15, 0.2) is 5.96 Å². The average molecular weight is 368 g/mol. The van der Waals surface area contributed by atoms with E-state index in [1.54, 1.807) is 6.20 Å². The number of carbonyl (C=O) groups is 1. The maximum absolute atomic E-state index is 12.6. The number of anilines is 1. The van der Waals surface area contributed by atoms with E-state index in [0.717, 1.165) is 43.2 Å². The minimum Gasteiger partial charge on any atom is -0.390 e. The topological polar surface area (TPSA) is 142 Å². The van der Waals surface area contributed by atoms with Gasteiger partial charge in [0.05, 0.1) is 16.9 Å². The third kappa shape index (κ3) is 2.66. The summed E-state index contributed by atoms with van der Waals surface area (Å²) in [5.74, 6) is 0.675. The van der Waals surface area contributed by atoms with Crippen molar-refractivity contribution in [3.63, 3.8) is 0 Å². The number of nitrogens with one attached hydrogen (secondary N) is 2. The van der Waals surface area contributed by atoms with Crippen LogP contribution in [0.25, 0.3) is 11.0 Å². The second-order valence-electron chi connectivity index (χ2n) is 8.49. The Morgan fingerprint density at radius 3 is 2.70 bits per heavy atom. The zero-order chi connectivity index (χ0) is 18.8. The van der Waals surface area contributed by atoms with E-state index in [-0.39, 0.29) is 12.0 Å². The van der Waals surface area contributed by atoms with Gasteiger partial charge >= 0.3 is 0 Å². The summed E-state index contributed by atoms with van der Waals surface area (Å²) in [6.07, 6.45) is 8.19. The molecule has 8 nitrogen and oxygen atoms in total. The summed E-state index contributed by atoms with van der Waals surface area (Å²) in [5, 5.41) is 15.3. The number of rotatable bonds is 3. The van der Waals surface area contributed by atoms with Gasteiger partial charge in [-0.05, 0) is 55.9 Å². The third-order valence-corrected chi connectivity index (χ3v) is 6.60. The fourth-order valence-electron chi connectivity index (χ4n) is 5.89. The van der Waals surface area contributed by atoms with Crippen molar-refractivity contribution in [1.82, 2.24) is 9.97 Å². The Morgan fingerprint density at radius 2 is 2.04 bits per heavy atom. The van der Waals surface area contributed by atoms with E-state index in [4.69, 9.17) is 11.5 Å². The predicted octanol–water partition coefficient (Wildman–Crippen LogP) is 1.33. The predicted molar refractivity (Wildman–Crippen MR) is 102 cm³/mol. The van der Waals surface area contributed by atoms with Crippen LogP contribution in [-0.4, -0.2) is 38.6 Å². The molecule has 4 bridgehead atoms. The monoisotopic (exact) mass is 368 g/mol. The molecule has 6 rings (SSSR count). The van der Waals surface area contributed by atoms with E-state index in [1.165, 1.54) is 6.20 Å². The van der Waals surface area contributed by atoms with Crippen molar-refractivity contribution < 1.29 is 9.90 Å². The second kappa shape index (κ2) is 5.69. The largest absolute Gasteiger partial charge is 0.390 e. The van der Waals surface area contributed by atoms with Crippen LogP contribution >= 0.6 is 0 Å². The number of fused-ring (bicyclic) bond motifs is 1. The molecule has 1 amide bonds. The molecule has 0 radical (unpaired) electrons. The van der Waals surface area contributed by atoms with E-state index in [1.807, 2.05) is 6.07 Å². The third-order valence-electron chi connectivity index (χ3n) is 6.60.